The molecule has 5 nitrogen and oxygen atoms in total. The number of halogens is 2. The number of carbonyl (C=O) groups excluding carboxylic acids is 1. The summed E-state index contributed by atoms with van der Waals surface area (Å²) in [7, 11) is 1.33. The maximum absolute atomic E-state index is 12.3. The zero-order valence-electron chi connectivity index (χ0n) is 17.8. The summed E-state index contributed by atoms with van der Waals surface area (Å²) in [5, 5.41) is 1.30. The van der Waals surface area contributed by atoms with Crippen LogP contribution in [-0.2, 0) is 9.53 Å². The van der Waals surface area contributed by atoms with Crippen LogP contribution in [0.25, 0.3) is 0 Å². The van der Waals surface area contributed by atoms with E-state index in [0.717, 1.165) is 11.3 Å². The number of rotatable bonds is 10. The van der Waals surface area contributed by atoms with Gasteiger partial charge in [-0.1, -0.05) is 35.3 Å². The van der Waals surface area contributed by atoms with Crippen LogP contribution in [0, 0.1) is 6.92 Å². The Morgan fingerprint density at radius 3 is 1.97 bits per heavy atom. The van der Waals surface area contributed by atoms with E-state index in [1.54, 1.807) is 54.6 Å². The average molecular weight is 475 g/mol. The Morgan fingerprint density at radius 2 is 1.41 bits per heavy atom. The Labute approximate surface area is 197 Å². The van der Waals surface area contributed by atoms with Gasteiger partial charge in [-0.2, -0.15) is 0 Å². The van der Waals surface area contributed by atoms with Crippen LogP contribution >= 0.6 is 23.2 Å². The van der Waals surface area contributed by atoms with Gasteiger partial charge in [-0.15, -0.1) is 0 Å². The molecule has 0 saturated carbocycles. The van der Waals surface area contributed by atoms with Crippen molar-refractivity contribution in [2.45, 2.75) is 19.4 Å². The topological polar surface area (TPSA) is 54.0 Å². The Morgan fingerprint density at radius 1 is 0.844 bits per heavy atom. The first-order valence-electron chi connectivity index (χ1n) is 10.1. The normalized spacial score (nSPS) is 11.5. The molecule has 0 spiro atoms. The van der Waals surface area contributed by atoms with E-state index >= 15 is 0 Å². The van der Waals surface area contributed by atoms with Crippen molar-refractivity contribution in [2.24, 2.45) is 0 Å². The number of esters is 1. The minimum absolute atomic E-state index is 0.494. The highest BCUT2D eigenvalue weighted by molar-refractivity contribution is 6.31. The molecule has 0 bridgehead atoms. The lowest BCUT2D eigenvalue weighted by molar-refractivity contribution is -0.149. The molecule has 32 heavy (non-hydrogen) atoms. The third kappa shape index (κ3) is 6.81. The predicted octanol–water partition coefficient (Wildman–Crippen LogP) is 6.44. The molecule has 0 saturated heterocycles. The number of benzene rings is 3. The molecule has 0 aliphatic rings. The van der Waals surface area contributed by atoms with Crippen LogP contribution in [0.5, 0.6) is 17.2 Å². The maximum atomic E-state index is 12.3. The summed E-state index contributed by atoms with van der Waals surface area (Å²) in [6.45, 7) is 2.89. The van der Waals surface area contributed by atoms with Gasteiger partial charge in [0.25, 0.3) is 0 Å². The summed E-state index contributed by atoms with van der Waals surface area (Å²) in [5.41, 5.74) is 1.51. The molecule has 3 rings (SSSR count). The Hall–Kier alpha value is -2.89. The number of hydrogen-bond donors (Lipinski definition) is 0. The second kappa shape index (κ2) is 11.7. The molecule has 0 aliphatic carbocycles. The quantitative estimate of drug-likeness (QED) is 0.249. The first kappa shape index (κ1) is 23.8. The Kier molecular flexibility index (Phi) is 8.65. The molecule has 1 unspecified atom stereocenters. The van der Waals surface area contributed by atoms with Gasteiger partial charge in [0.05, 0.1) is 20.3 Å². The molecule has 0 amide bonds. The maximum Gasteiger partial charge on any atom is 0.351 e. The van der Waals surface area contributed by atoms with E-state index in [0.29, 0.717) is 46.7 Å². The Bertz CT molecular complexity index is 1020. The summed E-state index contributed by atoms with van der Waals surface area (Å²) in [5.74, 6) is 1.49. The van der Waals surface area contributed by atoms with Gasteiger partial charge in [0.15, 0.2) is 0 Å². The fourth-order valence-electron chi connectivity index (χ4n) is 2.89. The molecule has 7 heteroatoms. The van der Waals surface area contributed by atoms with Gasteiger partial charge in [0, 0.05) is 22.0 Å². The summed E-state index contributed by atoms with van der Waals surface area (Å²) >= 11 is 11.9. The van der Waals surface area contributed by atoms with E-state index in [-0.39, 0.29) is 0 Å². The fraction of sp³-hybridized carbons (Fsp3) is 0.240. The summed E-state index contributed by atoms with van der Waals surface area (Å²) in [6.07, 6.45) is -0.184. The molecule has 0 radical (unpaired) electrons. The van der Waals surface area contributed by atoms with Crippen LogP contribution in [0.1, 0.15) is 23.7 Å². The van der Waals surface area contributed by atoms with Crippen LogP contribution in [0.15, 0.2) is 66.7 Å². The molecule has 3 aromatic rings. The van der Waals surface area contributed by atoms with E-state index in [4.69, 9.17) is 42.1 Å². The highest BCUT2D eigenvalue weighted by Crippen LogP contribution is 2.28. The molecule has 0 aromatic heterocycles. The molecule has 0 aliphatic heterocycles. The van der Waals surface area contributed by atoms with Crippen LogP contribution in [0.3, 0.4) is 0 Å². The van der Waals surface area contributed by atoms with Crippen molar-refractivity contribution >= 4 is 29.2 Å². The van der Waals surface area contributed by atoms with Crippen LogP contribution in [0.2, 0.25) is 10.0 Å². The van der Waals surface area contributed by atoms with Gasteiger partial charge in [-0.25, -0.2) is 4.79 Å². The van der Waals surface area contributed by atoms with Crippen LogP contribution < -0.4 is 14.2 Å². The van der Waals surface area contributed by atoms with E-state index in [1.807, 2.05) is 19.1 Å². The molecule has 0 N–H and O–H groups in total. The van der Waals surface area contributed by atoms with Gasteiger partial charge in [0.2, 0.25) is 6.10 Å². The van der Waals surface area contributed by atoms with Crippen molar-refractivity contribution < 1.29 is 23.7 Å². The minimum Gasteiger partial charge on any atom is -0.493 e. The lowest BCUT2D eigenvalue weighted by atomic mass is 10.1. The fourth-order valence-corrected chi connectivity index (χ4v) is 3.14. The zero-order valence-corrected chi connectivity index (χ0v) is 19.4. The third-order valence-electron chi connectivity index (χ3n) is 4.62. The second-order valence-electron chi connectivity index (χ2n) is 7.01. The van der Waals surface area contributed by atoms with Gasteiger partial charge in [-0.05, 0) is 67.1 Å². The highest BCUT2D eigenvalue weighted by Gasteiger charge is 2.24. The number of ether oxygens (including phenoxy) is 4. The smallest absolute Gasteiger partial charge is 0.351 e. The largest absolute Gasteiger partial charge is 0.493 e. The van der Waals surface area contributed by atoms with Crippen molar-refractivity contribution in [3.63, 3.8) is 0 Å². The summed E-state index contributed by atoms with van der Waals surface area (Å²) < 4.78 is 22.2. The Balaban J connectivity index is 1.53. The number of aryl methyl sites for hydroxylation is 1. The number of hydrogen-bond acceptors (Lipinski definition) is 5. The van der Waals surface area contributed by atoms with Gasteiger partial charge in [-0.3, -0.25) is 0 Å². The first-order chi connectivity index (χ1) is 15.5. The molecule has 0 heterocycles. The molecule has 168 valence electrons. The molecule has 0 fully saturated rings. The average Bonchev–Trinajstić information content (AvgIpc) is 2.81. The molecular formula is C25H24Cl2O5. The lowest BCUT2D eigenvalue weighted by Gasteiger charge is -2.18. The van der Waals surface area contributed by atoms with E-state index in [1.165, 1.54) is 7.11 Å². The van der Waals surface area contributed by atoms with Crippen molar-refractivity contribution in [2.75, 3.05) is 20.3 Å². The number of methoxy groups -OCH3 is 1. The molecular weight excluding hydrogens is 451 g/mol. The standard InChI is InChI=1S/C25H24Cl2O5/c1-17-16-22(12-13-23(17)27)32-24(25(28)29-2)18-4-8-20(9-5-18)30-14-3-15-31-21-10-6-19(26)7-11-21/h4-13,16,24H,3,14-15H2,1-2H3. The lowest BCUT2D eigenvalue weighted by Crippen LogP contribution is -2.20. The van der Waals surface area contributed by atoms with Gasteiger partial charge in [0.1, 0.15) is 17.2 Å². The second-order valence-corrected chi connectivity index (χ2v) is 7.85. The van der Waals surface area contributed by atoms with Crippen molar-refractivity contribution in [3.05, 3.63) is 87.9 Å². The highest BCUT2D eigenvalue weighted by atomic mass is 35.5. The molecule has 1 atom stereocenters. The van der Waals surface area contributed by atoms with Crippen molar-refractivity contribution in [3.8, 4) is 17.2 Å². The van der Waals surface area contributed by atoms with E-state index in [9.17, 15) is 4.79 Å². The molecule has 3 aromatic carbocycles. The van der Waals surface area contributed by atoms with E-state index in [2.05, 4.69) is 0 Å². The van der Waals surface area contributed by atoms with Crippen molar-refractivity contribution in [1.29, 1.82) is 0 Å². The van der Waals surface area contributed by atoms with Crippen molar-refractivity contribution in [1.82, 2.24) is 0 Å². The first-order valence-corrected chi connectivity index (χ1v) is 10.8. The SMILES string of the molecule is COC(=O)C(Oc1ccc(Cl)c(C)c1)c1ccc(OCCCOc2ccc(Cl)cc2)cc1. The number of carbonyl (C=O) groups is 1. The zero-order chi connectivity index (χ0) is 22.9. The minimum atomic E-state index is -0.901. The predicted molar refractivity (Wildman–Crippen MR) is 125 cm³/mol. The summed E-state index contributed by atoms with van der Waals surface area (Å²) in [4.78, 5) is 12.3. The van der Waals surface area contributed by atoms with Crippen LogP contribution in [-0.4, -0.2) is 26.3 Å². The van der Waals surface area contributed by atoms with Gasteiger partial charge < -0.3 is 18.9 Å². The van der Waals surface area contributed by atoms with Crippen LogP contribution in [0.4, 0.5) is 0 Å². The van der Waals surface area contributed by atoms with E-state index < -0.39 is 12.1 Å². The monoisotopic (exact) mass is 474 g/mol. The van der Waals surface area contributed by atoms with Gasteiger partial charge >= 0.3 is 5.97 Å². The third-order valence-corrected chi connectivity index (χ3v) is 5.30. The summed E-state index contributed by atoms with van der Waals surface area (Å²) in [6, 6.07) is 19.6.